The van der Waals surface area contributed by atoms with E-state index >= 15 is 0 Å². The molecule has 0 amide bonds. The van der Waals surface area contributed by atoms with Crippen molar-refractivity contribution in [3.63, 3.8) is 0 Å². The van der Waals surface area contributed by atoms with Gasteiger partial charge in [0.15, 0.2) is 24.6 Å². The highest BCUT2D eigenvalue weighted by molar-refractivity contribution is 4.91. The molecule has 1 aliphatic rings. The normalized spacial score (nSPS) is 28.4. The monoisotopic (exact) mass is 374 g/mol. The fourth-order valence-corrected chi connectivity index (χ4v) is 1.99. The Morgan fingerprint density at radius 2 is 1.28 bits per heavy atom. The number of methoxy groups -OCH3 is 1. The van der Waals surface area contributed by atoms with E-state index in [9.17, 15) is 40.5 Å². The minimum Gasteiger partial charge on any atom is -0.353 e. The molecule has 5 atom stereocenters. The summed E-state index contributed by atoms with van der Waals surface area (Å²) in [5, 5.41) is 36.5. The van der Waals surface area contributed by atoms with Gasteiger partial charge in [0.1, 0.15) is 12.7 Å². The molecule has 0 N–H and O–H groups in total. The van der Waals surface area contributed by atoms with E-state index in [0.29, 0.717) is 0 Å². The number of hydrogen-bond acceptors (Lipinski definition) is 14. The molecule has 18 heteroatoms. The summed E-state index contributed by atoms with van der Waals surface area (Å²) < 4.78 is 9.71. The van der Waals surface area contributed by atoms with Crippen molar-refractivity contribution in [2.24, 2.45) is 0 Å². The molecule has 1 rings (SSSR count). The van der Waals surface area contributed by atoms with Crippen LogP contribution in [0, 0.1) is 40.5 Å². The Labute approximate surface area is 135 Å². The van der Waals surface area contributed by atoms with Gasteiger partial charge in [0.05, 0.1) is 0 Å². The minimum absolute atomic E-state index is 0.963. The lowest BCUT2D eigenvalue weighted by Crippen LogP contribution is -2.63. The summed E-state index contributed by atoms with van der Waals surface area (Å²) in [6.45, 7) is -0.978. The molecule has 1 saturated heterocycles. The van der Waals surface area contributed by atoms with Gasteiger partial charge >= 0.3 is 0 Å². The van der Waals surface area contributed by atoms with E-state index in [1.165, 1.54) is 0 Å². The average Bonchev–Trinajstić information content (AvgIpc) is 2.48. The van der Waals surface area contributed by atoms with Gasteiger partial charge in [-0.3, -0.25) is 0 Å². The van der Waals surface area contributed by atoms with E-state index < -0.39 is 57.7 Å². The Bertz CT molecular complexity index is 527. The molecule has 0 aliphatic carbocycles. The Balaban J connectivity index is 3.18. The highest BCUT2D eigenvalue weighted by Crippen LogP contribution is 2.29. The van der Waals surface area contributed by atoms with Crippen molar-refractivity contribution >= 4 is 0 Å². The molecule has 0 aromatic heterocycles. The molecule has 1 aliphatic heterocycles. The second-order valence-corrected chi connectivity index (χ2v) is 4.18. The lowest BCUT2D eigenvalue weighted by Gasteiger charge is -2.42. The first-order chi connectivity index (χ1) is 11.6. The zero-order chi connectivity index (χ0) is 19.1. The van der Waals surface area contributed by atoms with E-state index in [1.54, 1.807) is 0 Å². The van der Waals surface area contributed by atoms with Crippen LogP contribution in [0.1, 0.15) is 0 Å². The number of nitrogens with zero attached hydrogens (tertiary/aromatic N) is 4. The fraction of sp³-hybridized carbons (Fsp3) is 1.00. The van der Waals surface area contributed by atoms with Crippen LogP contribution in [-0.2, 0) is 28.8 Å². The fourth-order valence-electron chi connectivity index (χ4n) is 1.99. The van der Waals surface area contributed by atoms with Crippen molar-refractivity contribution in [1.29, 1.82) is 0 Å². The number of rotatable bonds is 10. The van der Waals surface area contributed by atoms with Gasteiger partial charge in [0.25, 0.3) is 20.3 Å². The predicted octanol–water partition coefficient (Wildman–Crippen LogP) is -1.70. The van der Waals surface area contributed by atoms with E-state index in [2.05, 4.69) is 19.4 Å². The van der Waals surface area contributed by atoms with Crippen LogP contribution in [0.15, 0.2) is 0 Å². The maximum atomic E-state index is 10.6. The van der Waals surface area contributed by atoms with Gasteiger partial charge in [-0.05, 0) is 0 Å². The van der Waals surface area contributed by atoms with Crippen LogP contribution in [0.2, 0.25) is 0 Å². The molecule has 0 bridgehead atoms. The molecule has 1 heterocycles. The van der Waals surface area contributed by atoms with Gasteiger partial charge in [-0.2, -0.15) is 0 Å². The second kappa shape index (κ2) is 8.54. The van der Waals surface area contributed by atoms with Crippen molar-refractivity contribution < 1.29 is 49.2 Å². The predicted molar refractivity (Wildman–Crippen MR) is 64.2 cm³/mol. The maximum absolute atomic E-state index is 10.6. The molecule has 0 spiro atoms. The van der Waals surface area contributed by atoms with Crippen molar-refractivity contribution in [2.75, 3.05) is 13.7 Å². The van der Waals surface area contributed by atoms with E-state index in [0.717, 1.165) is 7.11 Å². The van der Waals surface area contributed by atoms with E-state index in [1.807, 2.05) is 0 Å². The van der Waals surface area contributed by atoms with Gasteiger partial charge in [-0.25, -0.2) is 0 Å². The largest absolute Gasteiger partial charge is 0.353 e. The number of hydrogen-bond donors (Lipinski definition) is 0. The van der Waals surface area contributed by atoms with Crippen LogP contribution in [0.25, 0.3) is 0 Å². The summed E-state index contributed by atoms with van der Waals surface area (Å²) in [4.78, 5) is 58.5. The molecule has 0 unspecified atom stereocenters. The van der Waals surface area contributed by atoms with Gasteiger partial charge in [-0.1, -0.05) is 0 Å². The Kier molecular flexibility index (Phi) is 6.75. The first-order valence-corrected chi connectivity index (χ1v) is 6.04. The molecule has 18 nitrogen and oxygen atoms in total. The molecular formula is C7H10N4O14. The van der Waals surface area contributed by atoms with Crippen LogP contribution in [0.3, 0.4) is 0 Å². The lowest BCUT2D eigenvalue weighted by molar-refractivity contribution is -0.825. The Hall–Kier alpha value is -3.28. The van der Waals surface area contributed by atoms with Crippen LogP contribution in [-0.4, -0.2) is 64.8 Å². The zero-order valence-corrected chi connectivity index (χ0v) is 12.1. The van der Waals surface area contributed by atoms with E-state index in [4.69, 9.17) is 9.47 Å². The molecule has 1 fully saturated rings. The summed E-state index contributed by atoms with van der Waals surface area (Å²) in [6.07, 6.45) is -9.55. The topological polar surface area (TPSA) is 228 Å². The third-order valence-electron chi connectivity index (χ3n) is 2.79. The smallest absolute Gasteiger partial charge is 0.295 e. The average molecular weight is 374 g/mol. The number of ether oxygens (including phenoxy) is 2. The van der Waals surface area contributed by atoms with Crippen LogP contribution in [0.5, 0.6) is 0 Å². The van der Waals surface area contributed by atoms with Gasteiger partial charge in [0.2, 0.25) is 0 Å². The van der Waals surface area contributed by atoms with Crippen molar-refractivity contribution in [3.05, 3.63) is 40.5 Å². The van der Waals surface area contributed by atoms with Gasteiger partial charge in [0, 0.05) is 7.11 Å². The van der Waals surface area contributed by atoms with Crippen LogP contribution < -0.4 is 0 Å². The quantitative estimate of drug-likeness (QED) is 0.306. The van der Waals surface area contributed by atoms with Crippen molar-refractivity contribution in [2.45, 2.75) is 30.7 Å². The van der Waals surface area contributed by atoms with E-state index in [-0.39, 0.29) is 0 Å². The molecule has 0 radical (unpaired) electrons. The van der Waals surface area contributed by atoms with Gasteiger partial charge < -0.3 is 28.8 Å². The summed E-state index contributed by atoms with van der Waals surface area (Å²) in [7, 11) is 0.963. The molecule has 142 valence electrons. The van der Waals surface area contributed by atoms with Gasteiger partial charge in [-0.15, -0.1) is 40.5 Å². The molecule has 25 heavy (non-hydrogen) atoms. The SMILES string of the molecule is CO[C@@H]1O[C@H](CO[N+](=O)[O-])[C@H](O[N+](=O)[O-])[C@H](O[N+](=O)[O-])[C@H]1O[N+](=O)[O-]. The Morgan fingerprint density at radius 3 is 1.72 bits per heavy atom. The second-order valence-electron chi connectivity index (χ2n) is 4.18. The molecular weight excluding hydrogens is 364 g/mol. The minimum atomic E-state index is -2.11. The maximum Gasteiger partial charge on any atom is 0.295 e. The highest BCUT2D eigenvalue weighted by atomic mass is 17.0. The first-order valence-electron chi connectivity index (χ1n) is 6.04. The molecule has 0 saturated carbocycles. The zero-order valence-electron chi connectivity index (χ0n) is 12.1. The lowest BCUT2D eigenvalue weighted by atomic mass is 9.99. The Morgan fingerprint density at radius 1 is 0.800 bits per heavy atom. The first kappa shape index (κ1) is 19.8. The van der Waals surface area contributed by atoms with Crippen molar-refractivity contribution in [3.8, 4) is 0 Å². The van der Waals surface area contributed by atoms with Crippen LogP contribution in [0.4, 0.5) is 0 Å². The molecule has 0 aromatic rings. The molecule has 0 aromatic carbocycles. The summed E-state index contributed by atoms with van der Waals surface area (Å²) in [5.41, 5.74) is 0. The summed E-state index contributed by atoms with van der Waals surface area (Å²) in [6, 6.07) is 0. The standard InChI is InChI=1S/C7H10N4O14/c1-20-7-6(25-11(18)19)5(24-10(16)17)4(23-9(14)15)3(22-7)2-21-8(12)13/h3-7H,2H2,1H3/t3-,4+,5+,6-,7-/m1/s1. The highest BCUT2D eigenvalue weighted by Gasteiger charge is 2.53. The van der Waals surface area contributed by atoms with Crippen LogP contribution >= 0.6 is 0 Å². The third-order valence-corrected chi connectivity index (χ3v) is 2.79. The summed E-state index contributed by atoms with van der Waals surface area (Å²) in [5.74, 6) is 0. The third kappa shape index (κ3) is 5.69. The van der Waals surface area contributed by atoms with Crippen molar-refractivity contribution in [1.82, 2.24) is 0 Å². The summed E-state index contributed by atoms with van der Waals surface area (Å²) >= 11 is 0.